The van der Waals surface area contributed by atoms with Crippen LogP contribution in [0.15, 0.2) is 47.4 Å². The van der Waals surface area contributed by atoms with Crippen molar-refractivity contribution in [3.63, 3.8) is 0 Å². The second-order valence-electron chi connectivity index (χ2n) is 7.71. The highest BCUT2D eigenvalue weighted by atomic mass is 32.2. The average molecular weight is 416 g/mol. The monoisotopic (exact) mass is 415 g/mol. The van der Waals surface area contributed by atoms with Gasteiger partial charge in [0.2, 0.25) is 0 Å². The Hall–Kier alpha value is -2.34. The minimum absolute atomic E-state index is 0.193. The number of fused-ring (bicyclic) bond motifs is 1. The number of aryl methyl sites for hydroxylation is 2. The molecule has 2 aromatic carbocycles. The van der Waals surface area contributed by atoms with Crippen molar-refractivity contribution in [2.24, 2.45) is 0 Å². The summed E-state index contributed by atoms with van der Waals surface area (Å²) in [7, 11) is -3.24. The molecule has 29 heavy (non-hydrogen) atoms. The van der Waals surface area contributed by atoms with E-state index in [2.05, 4.69) is 17.4 Å². The fourth-order valence-electron chi connectivity index (χ4n) is 3.70. The smallest absolute Gasteiger partial charge is 0.261 e. The normalized spacial score (nSPS) is 15.8. The predicted molar refractivity (Wildman–Crippen MR) is 114 cm³/mol. The van der Waals surface area contributed by atoms with Crippen LogP contribution in [0.4, 0.5) is 0 Å². The Labute approximate surface area is 173 Å². The zero-order chi connectivity index (χ0) is 21.0. The molecule has 0 saturated heterocycles. The standard InChI is InChI=1S/C23H29NO4S/c1-4-22(18-10-13-21(14-11-18)29(3,26)27)24-23(25)16(2)28-20-12-9-17-7-5-6-8-19(17)15-20/h9-16,22H,4-8H2,1-3H3,(H,24,25)/t16-,22+/m0/s1. The number of carbonyl (C=O) groups excluding carboxylic acids is 1. The van der Waals surface area contributed by atoms with Crippen LogP contribution in [0.5, 0.6) is 5.75 Å². The van der Waals surface area contributed by atoms with Crippen LogP contribution in [0.1, 0.15) is 55.8 Å². The van der Waals surface area contributed by atoms with Crippen LogP contribution in [-0.4, -0.2) is 26.7 Å². The molecular formula is C23H29NO4S. The van der Waals surface area contributed by atoms with Gasteiger partial charge in [-0.05, 0) is 80.0 Å². The van der Waals surface area contributed by atoms with Crippen LogP contribution in [0.2, 0.25) is 0 Å². The van der Waals surface area contributed by atoms with E-state index in [1.165, 1.54) is 30.2 Å². The summed E-state index contributed by atoms with van der Waals surface area (Å²) >= 11 is 0. The molecule has 0 saturated carbocycles. The van der Waals surface area contributed by atoms with Crippen LogP contribution in [0.25, 0.3) is 0 Å². The Morgan fingerprint density at radius 2 is 1.72 bits per heavy atom. The van der Waals surface area contributed by atoms with E-state index in [-0.39, 0.29) is 16.8 Å². The summed E-state index contributed by atoms with van der Waals surface area (Å²) < 4.78 is 29.2. The maximum atomic E-state index is 12.7. The van der Waals surface area contributed by atoms with E-state index >= 15 is 0 Å². The summed E-state index contributed by atoms with van der Waals surface area (Å²) in [6.45, 7) is 3.72. The maximum Gasteiger partial charge on any atom is 0.261 e. The highest BCUT2D eigenvalue weighted by Crippen LogP contribution is 2.26. The summed E-state index contributed by atoms with van der Waals surface area (Å²) in [5.74, 6) is 0.528. The number of amides is 1. The molecule has 0 aliphatic heterocycles. The second kappa shape index (κ2) is 8.99. The highest BCUT2D eigenvalue weighted by molar-refractivity contribution is 7.90. The first kappa shape index (κ1) is 21.4. The Kier molecular flexibility index (Phi) is 6.63. The van der Waals surface area contributed by atoms with Gasteiger partial charge >= 0.3 is 0 Å². The van der Waals surface area contributed by atoms with Crippen molar-refractivity contribution in [1.29, 1.82) is 0 Å². The molecule has 1 amide bonds. The van der Waals surface area contributed by atoms with Gasteiger partial charge in [0, 0.05) is 6.26 Å². The Morgan fingerprint density at radius 1 is 1.07 bits per heavy atom. The van der Waals surface area contributed by atoms with Crippen molar-refractivity contribution in [2.75, 3.05) is 6.26 Å². The SMILES string of the molecule is CC[C@@H](NC(=O)[C@H](C)Oc1ccc2c(c1)CCCC2)c1ccc(S(C)(=O)=O)cc1. The molecule has 0 heterocycles. The molecule has 2 atom stereocenters. The number of sulfone groups is 1. The van der Waals surface area contributed by atoms with E-state index in [1.807, 2.05) is 13.0 Å². The van der Waals surface area contributed by atoms with E-state index < -0.39 is 15.9 Å². The molecule has 0 spiro atoms. The lowest BCUT2D eigenvalue weighted by atomic mass is 9.92. The van der Waals surface area contributed by atoms with Crippen molar-refractivity contribution in [2.45, 2.75) is 63.0 Å². The molecule has 3 rings (SSSR count). The van der Waals surface area contributed by atoms with Gasteiger partial charge in [-0.15, -0.1) is 0 Å². The number of nitrogens with one attached hydrogen (secondary N) is 1. The number of carbonyl (C=O) groups is 1. The predicted octanol–water partition coefficient (Wildman–Crippen LogP) is 4.00. The van der Waals surface area contributed by atoms with Gasteiger partial charge in [0.25, 0.3) is 5.91 Å². The molecule has 156 valence electrons. The third kappa shape index (κ3) is 5.38. The van der Waals surface area contributed by atoms with Crippen molar-refractivity contribution in [1.82, 2.24) is 5.32 Å². The zero-order valence-corrected chi connectivity index (χ0v) is 18.1. The number of rotatable bonds is 7. The molecule has 2 aromatic rings. The molecular weight excluding hydrogens is 386 g/mol. The third-order valence-electron chi connectivity index (χ3n) is 5.44. The first-order chi connectivity index (χ1) is 13.8. The average Bonchev–Trinajstić information content (AvgIpc) is 2.71. The topological polar surface area (TPSA) is 72.5 Å². The third-order valence-corrected chi connectivity index (χ3v) is 6.57. The first-order valence-corrected chi connectivity index (χ1v) is 12.1. The van der Waals surface area contributed by atoms with E-state index in [1.54, 1.807) is 31.2 Å². The Morgan fingerprint density at radius 3 is 2.34 bits per heavy atom. The number of benzene rings is 2. The van der Waals surface area contributed by atoms with Gasteiger partial charge in [-0.25, -0.2) is 8.42 Å². The molecule has 0 aromatic heterocycles. The Bertz CT molecular complexity index is 967. The van der Waals surface area contributed by atoms with Crippen LogP contribution in [-0.2, 0) is 27.5 Å². The van der Waals surface area contributed by atoms with Gasteiger partial charge in [0.1, 0.15) is 5.75 Å². The summed E-state index contributed by atoms with van der Waals surface area (Å²) in [4.78, 5) is 12.9. The fourth-order valence-corrected chi connectivity index (χ4v) is 4.33. The minimum Gasteiger partial charge on any atom is -0.481 e. The number of hydrogen-bond acceptors (Lipinski definition) is 4. The van der Waals surface area contributed by atoms with Gasteiger partial charge < -0.3 is 10.1 Å². The van der Waals surface area contributed by atoms with Gasteiger partial charge in [0.15, 0.2) is 15.9 Å². The highest BCUT2D eigenvalue weighted by Gasteiger charge is 2.20. The van der Waals surface area contributed by atoms with E-state index in [9.17, 15) is 13.2 Å². The van der Waals surface area contributed by atoms with Gasteiger partial charge in [-0.1, -0.05) is 25.1 Å². The van der Waals surface area contributed by atoms with Crippen molar-refractivity contribution in [3.8, 4) is 5.75 Å². The van der Waals surface area contributed by atoms with Crippen LogP contribution in [0.3, 0.4) is 0 Å². The Balaban J connectivity index is 1.64. The van der Waals surface area contributed by atoms with E-state index in [4.69, 9.17) is 4.74 Å². The van der Waals surface area contributed by atoms with Gasteiger partial charge in [-0.2, -0.15) is 0 Å². The van der Waals surface area contributed by atoms with Crippen LogP contribution < -0.4 is 10.1 Å². The minimum atomic E-state index is -3.24. The van der Waals surface area contributed by atoms with Crippen LogP contribution in [0, 0.1) is 0 Å². The molecule has 0 radical (unpaired) electrons. The molecule has 0 fully saturated rings. The molecule has 1 aliphatic carbocycles. The zero-order valence-electron chi connectivity index (χ0n) is 17.3. The molecule has 1 aliphatic rings. The van der Waals surface area contributed by atoms with Crippen LogP contribution >= 0.6 is 0 Å². The lowest BCUT2D eigenvalue weighted by Gasteiger charge is -2.22. The lowest BCUT2D eigenvalue weighted by molar-refractivity contribution is -0.128. The summed E-state index contributed by atoms with van der Waals surface area (Å²) in [5, 5.41) is 3.01. The van der Waals surface area contributed by atoms with Crippen molar-refractivity contribution in [3.05, 3.63) is 59.2 Å². The maximum absolute atomic E-state index is 12.7. The van der Waals surface area contributed by atoms with E-state index in [0.717, 1.165) is 24.2 Å². The molecule has 6 heteroatoms. The quantitative estimate of drug-likeness (QED) is 0.742. The molecule has 0 bridgehead atoms. The summed E-state index contributed by atoms with van der Waals surface area (Å²) in [5.41, 5.74) is 3.57. The van der Waals surface area contributed by atoms with Gasteiger partial charge in [-0.3, -0.25) is 4.79 Å². The molecule has 5 nitrogen and oxygen atoms in total. The lowest BCUT2D eigenvalue weighted by Crippen LogP contribution is -2.38. The van der Waals surface area contributed by atoms with E-state index in [0.29, 0.717) is 6.42 Å². The summed E-state index contributed by atoms with van der Waals surface area (Å²) in [6, 6.07) is 12.5. The first-order valence-electron chi connectivity index (χ1n) is 10.2. The molecule has 1 N–H and O–H groups in total. The number of hydrogen-bond donors (Lipinski definition) is 1. The van der Waals surface area contributed by atoms with Gasteiger partial charge in [0.05, 0.1) is 10.9 Å². The summed E-state index contributed by atoms with van der Waals surface area (Å²) in [6.07, 6.45) is 5.85. The largest absolute Gasteiger partial charge is 0.481 e. The molecule has 0 unspecified atom stereocenters. The number of ether oxygens (including phenoxy) is 1. The fraction of sp³-hybridized carbons (Fsp3) is 0.435. The second-order valence-corrected chi connectivity index (χ2v) is 9.72. The van der Waals surface area contributed by atoms with Crippen molar-refractivity contribution >= 4 is 15.7 Å². The van der Waals surface area contributed by atoms with Crippen molar-refractivity contribution < 1.29 is 17.9 Å².